The van der Waals surface area contributed by atoms with Crippen molar-refractivity contribution in [3.05, 3.63) is 89.7 Å². The van der Waals surface area contributed by atoms with Gasteiger partial charge in [-0.25, -0.2) is 0 Å². The minimum absolute atomic E-state index is 0.268. The van der Waals surface area contributed by atoms with Crippen molar-refractivity contribution in [3.8, 4) is 5.75 Å². The van der Waals surface area contributed by atoms with Gasteiger partial charge in [-0.15, -0.1) is 0 Å². The van der Waals surface area contributed by atoms with Gasteiger partial charge in [0.15, 0.2) is 0 Å². The van der Waals surface area contributed by atoms with Gasteiger partial charge < -0.3 is 9.84 Å². The summed E-state index contributed by atoms with van der Waals surface area (Å²) in [6, 6.07) is 17.7. The fourth-order valence-corrected chi connectivity index (χ4v) is 3.25. The molecule has 5 nitrogen and oxygen atoms in total. The van der Waals surface area contributed by atoms with Crippen molar-refractivity contribution in [2.45, 2.75) is 5.72 Å². The number of benzene rings is 2. The number of pyridine rings is 1. The lowest BCUT2D eigenvalue weighted by molar-refractivity contribution is 0.0700. The molecule has 0 radical (unpaired) electrons. The zero-order valence-electron chi connectivity index (χ0n) is 13.6. The number of hydrogen-bond acceptors (Lipinski definition) is 4. The predicted molar refractivity (Wildman–Crippen MR) is 93.5 cm³/mol. The number of para-hydroxylation sites is 1. The quantitative estimate of drug-likeness (QED) is 0.801. The second kappa shape index (κ2) is 5.72. The van der Waals surface area contributed by atoms with E-state index < -0.39 is 5.72 Å². The maximum atomic E-state index is 13.1. The van der Waals surface area contributed by atoms with E-state index in [-0.39, 0.29) is 5.91 Å². The van der Waals surface area contributed by atoms with Gasteiger partial charge >= 0.3 is 0 Å². The Hall–Kier alpha value is -3.18. The third-order valence-corrected chi connectivity index (χ3v) is 4.44. The van der Waals surface area contributed by atoms with Crippen LogP contribution >= 0.6 is 0 Å². The molecule has 5 heteroatoms. The number of nitrogens with zero attached hydrogens (tertiary/aromatic N) is 2. The molecular weight excluding hydrogens is 316 g/mol. The molecule has 0 aliphatic carbocycles. The molecule has 1 N–H and O–H groups in total. The van der Waals surface area contributed by atoms with E-state index in [1.54, 1.807) is 62.0 Å². The molecule has 0 spiro atoms. The Morgan fingerprint density at radius 3 is 2.56 bits per heavy atom. The van der Waals surface area contributed by atoms with E-state index in [2.05, 4.69) is 4.98 Å². The van der Waals surface area contributed by atoms with Crippen LogP contribution in [0.5, 0.6) is 5.75 Å². The number of anilines is 1. The minimum atomic E-state index is -1.66. The first-order valence-corrected chi connectivity index (χ1v) is 7.87. The third-order valence-electron chi connectivity index (χ3n) is 4.44. The number of aromatic nitrogens is 1. The van der Waals surface area contributed by atoms with E-state index in [9.17, 15) is 9.90 Å². The molecular formula is C20H16N2O3. The number of aliphatic hydroxyl groups is 1. The molecule has 0 bridgehead atoms. The Kier molecular flexibility index (Phi) is 3.51. The summed E-state index contributed by atoms with van der Waals surface area (Å²) >= 11 is 0. The van der Waals surface area contributed by atoms with Crippen LogP contribution in [0, 0.1) is 0 Å². The van der Waals surface area contributed by atoms with E-state index in [4.69, 9.17) is 4.74 Å². The van der Waals surface area contributed by atoms with Crippen LogP contribution in [0.1, 0.15) is 21.5 Å². The highest BCUT2D eigenvalue weighted by Crippen LogP contribution is 2.45. The molecule has 25 heavy (non-hydrogen) atoms. The van der Waals surface area contributed by atoms with Gasteiger partial charge in [0.05, 0.1) is 7.11 Å². The molecule has 3 aromatic rings. The van der Waals surface area contributed by atoms with E-state index in [0.29, 0.717) is 28.1 Å². The summed E-state index contributed by atoms with van der Waals surface area (Å²) in [6.07, 6.45) is 3.20. The Bertz CT molecular complexity index is 928. The van der Waals surface area contributed by atoms with Crippen molar-refractivity contribution < 1.29 is 14.6 Å². The van der Waals surface area contributed by atoms with Gasteiger partial charge in [-0.3, -0.25) is 14.7 Å². The van der Waals surface area contributed by atoms with Crippen LogP contribution in [-0.2, 0) is 5.72 Å². The number of amides is 1. The normalized spacial score (nSPS) is 19.0. The van der Waals surface area contributed by atoms with Crippen molar-refractivity contribution in [3.63, 3.8) is 0 Å². The Labute approximate surface area is 145 Å². The number of ether oxygens (including phenoxy) is 1. The highest BCUT2D eigenvalue weighted by Gasteiger charge is 2.51. The standard InChI is InChI=1S/C20H16N2O3/c1-25-16-9-10-17-18(12-16)20(24,14-6-5-11-21-13-14)22(19(17)23)15-7-3-2-4-8-15/h2-13,24H,1H3. The van der Waals surface area contributed by atoms with Gasteiger partial charge in [-0.1, -0.05) is 24.3 Å². The summed E-state index contributed by atoms with van der Waals surface area (Å²) in [6.45, 7) is 0. The van der Waals surface area contributed by atoms with Crippen LogP contribution in [0.25, 0.3) is 0 Å². The van der Waals surface area contributed by atoms with E-state index >= 15 is 0 Å². The van der Waals surface area contributed by atoms with Crippen molar-refractivity contribution >= 4 is 11.6 Å². The van der Waals surface area contributed by atoms with Crippen LogP contribution in [0.4, 0.5) is 5.69 Å². The van der Waals surface area contributed by atoms with E-state index in [0.717, 1.165) is 0 Å². The topological polar surface area (TPSA) is 62.7 Å². The second-order valence-electron chi connectivity index (χ2n) is 5.80. The summed E-state index contributed by atoms with van der Waals surface area (Å²) in [5, 5.41) is 11.7. The largest absolute Gasteiger partial charge is 0.497 e. The average Bonchev–Trinajstić information content (AvgIpc) is 2.91. The van der Waals surface area contributed by atoms with Crippen LogP contribution < -0.4 is 9.64 Å². The van der Waals surface area contributed by atoms with Crippen LogP contribution in [0.3, 0.4) is 0 Å². The predicted octanol–water partition coefficient (Wildman–Crippen LogP) is 2.94. The average molecular weight is 332 g/mol. The maximum absolute atomic E-state index is 13.1. The number of carbonyl (C=O) groups is 1. The zero-order valence-corrected chi connectivity index (χ0v) is 13.6. The van der Waals surface area contributed by atoms with Crippen molar-refractivity contribution in [2.24, 2.45) is 0 Å². The lowest BCUT2D eigenvalue weighted by atomic mass is 9.94. The Balaban J connectivity index is 2.00. The van der Waals surface area contributed by atoms with Crippen LogP contribution in [-0.4, -0.2) is 23.1 Å². The third kappa shape index (κ3) is 2.21. The smallest absolute Gasteiger partial charge is 0.261 e. The van der Waals surface area contributed by atoms with Crippen LogP contribution in [0.15, 0.2) is 73.1 Å². The summed E-state index contributed by atoms with van der Waals surface area (Å²) in [5.41, 5.74) is 0.384. The number of hydrogen-bond donors (Lipinski definition) is 1. The fraction of sp³-hybridized carbons (Fsp3) is 0.100. The second-order valence-corrected chi connectivity index (χ2v) is 5.80. The molecule has 2 heterocycles. The van der Waals surface area contributed by atoms with Crippen LogP contribution in [0.2, 0.25) is 0 Å². The molecule has 4 rings (SSSR count). The van der Waals surface area contributed by atoms with Gasteiger partial charge in [-0.2, -0.15) is 0 Å². The fourth-order valence-electron chi connectivity index (χ4n) is 3.25. The van der Waals surface area contributed by atoms with Crippen molar-refractivity contribution in [1.29, 1.82) is 0 Å². The number of fused-ring (bicyclic) bond motifs is 1. The zero-order chi connectivity index (χ0) is 17.4. The van der Waals surface area contributed by atoms with Gasteiger partial charge in [0.2, 0.25) is 5.72 Å². The molecule has 1 aliphatic rings. The SMILES string of the molecule is COc1ccc2c(c1)C(O)(c1cccnc1)N(c1ccccc1)C2=O. The van der Waals surface area contributed by atoms with E-state index in [1.807, 2.05) is 18.2 Å². The lowest BCUT2D eigenvalue weighted by Gasteiger charge is -2.34. The first-order chi connectivity index (χ1) is 12.2. The first kappa shape index (κ1) is 15.4. The summed E-state index contributed by atoms with van der Waals surface area (Å²) in [7, 11) is 1.55. The molecule has 0 saturated heterocycles. The van der Waals surface area contributed by atoms with Crippen molar-refractivity contribution in [2.75, 3.05) is 12.0 Å². The minimum Gasteiger partial charge on any atom is -0.497 e. The molecule has 1 amide bonds. The molecule has 1 atom stereocenters. The lowest BCUT2D eigenvalue weighted by Crippen LogP contribution is -2.45. The molecule has 1 aromatic heterocycles. The maximum Gasteiger partial charge on any atom is 0.261 e. The Morgan fingerprint density at radius 1 is 1.08 bits per heavy atom. The number of methoxy groups -OCH3 is 1. The highest BCUT2D eigenvalue weighted by molar-refractivity contribution is 6.12. The van der Waals surface area contributed by atoms with E-state index in [1.165, 1.54) is 4.90 Å². The molecule has 0 fully saturated rings. The highest BCUT2D eigenvalue weighted by atomic mass is 16.5. The number of rotatable bonds is 3. The van der Waals surface area contributed by atoms with Gasteiger partial charge in [0, 0.05) is 34.8 Å². The summed E-state index contributed by atoms with van der Waals surface area (Å²) in [5.74, 6) is 0.305. The monoisotopic (exact) mass is 332 g/mol. The van der Waals surface area contributed by atoms with Gasteiger partial charge in [0.1, 0.15) is 5.75 Å². The first-order valence-electron chi connectivity index (χ1n) is 7.87. The molecule has 124 valence electrons. The molecule has 0 saturated carbocycles. The number of carbonyl (C=O) groups excluding carboxylic acids is 1. The molecule has 1 aliphatic heterocycles. The van der Waals surface area contributed by atoms with Crippen molar-refractivity contribution in [1.82, 2.24) is 4.98 Å². The van der Waals surface area contributed by atoms with Gasteiger partial charge in [0.25, 0.3) is 5.91 Å². The Morgan fingerprint density at radius 2 is 1.88 bits per heavy atom. The summed E-state index contributed by atoms with van der Waals surface area (Å²) in [4.78, 5) is 18.6. The van der Waals surface area contributed by atoms with Gasteiger partial charge in [-0.05, 0) is 36.4 Å². The molecule has 1 unspecified atom stereocenters. The molecule has 2 aromatic carbocycles. The summed E-state index contributed by atoms with van der Waals surface area (Å²) < 4.78 is 5.29.